The van der Waals surface area contributed by atoms with Gasteiger partial charge in [0.05, 0.1) is 6.61 Å². The molecule has 0 amide bonds. The first-order valence-corrected chi connectivity index (χ1v) is 9.79. The molecule has 2 rings (SSSR count). The molecule has 0 radical (unpaired) electrons. The van der Waals surface area contributed by atoms with Crippen molar-refractivity contribution < 1.29 is 4.74 Å². The third kappa shape index (κ3) is 4.57. The molecule has 0 aliphatic heterocycles. The van der Waals surface area contributed by atoms with Gasteiger partial charge in [0.25, 0.3) is 0 Å². The molecule has 0 aliphatic carbocycles. The van der Waals surface area contributed by atoms with Gasteiger partial charge in [-0.25, -0.2) is 0 Å². The Morgan fingerprint density at radius 2 is 1.48 bits per heavy atom. The zero-order valence-corrected chi connectivity index (χ0v) is 16.3. The van der Waals surface area contributed by atoms with Crippen LogP contribution in [0, 0.1) is 0 Å². The molecule has 0 aliphatic rings. The summed E-state index contributed by atoms with van der Waals surface area (Å²) in [5, 5.41) is 1.80. The average molecular weight is 477 g/mol. The molecule has 2 aromatic carbocycles. The van der Waals surface area contributed by atoms with Gasteiger partial charge in [-0.1, -0.05) is 78.1 Å². The summed E-state index contributed by atoms with van der Waals surface area (Å²) in [6.07, 6.45) is 0.948. The molecule has 0 fully saturated rings. The lowest BCUT2D eigenvalue weighted by Crippen LogP contribution is -2.32. The Kier molecular flexibility index (Phi) is 6.77. The molecule has 0 spiro atoms. The summed E-state index contributed by atoms with van der Waals surface area (Å²) in [5.41, 5.74) is 1.38. The van der Waals surface area contributed by atoms with Crippen molar-refractivity contribution in [2.75, 3.05) is 17.3 Å². The maximum absolute atomic E-state index is 5.88. The number of hydrogen-bond acceptors (Lipinski definition) is 1. The Bertz CT molecular complexity index is 536. The number of rotatable bonds is 7. The van der Waals surface area contributed by atoms with Crippen LogP contribution in [0.5, 0.6) is 5.75 Å². The highest BCUT2D eigenvalue weighted by atomic mass is 79.9. The van der Waals surface area contributed by atoms with Crippen LogP contribution >= 0.6 is 47.8 Å². The molecule has 1 nitrogen and oxygen atoms in total. The topological polar surface area (TPSA) is 9.23 Å². The van der Waals surface area contributed by atoms with Crippen molar-refractivity contribution in [2.45, 2.75) is 11.8 Å². The zero-order valence-electron chi connectivity index (χ0n) is 11.6. The summed E-state index contributed by atoms with van der Waals surface area (Å²) in [6.45, 7) is 0.688. The second-order valence-corrected chi connectivity index (χ2v) is 7.00. The monoisotopic (exact) mass is 474 g/mol. The lowest BCUT2D eigenvalue weighted by molar-refractivity contribution is 0.277. The fourth-order valence-electron chi connectivity index (χ4n) is 2.15. The third-order valence-corrected chi connectivity index (χ3v) is 6.24. The van der Waals surface area contributed by atoms with Gasteiger partial charge in [-0.15, -0.1) is 0 Å². The van der Waals surface area contributed by atoms with Crippen LogP contribution in [0.1, 0.15) is 12.0 Å². The maximum Gasteiger partial charge on any atom is 0.119 e. The number of hydrogen-bond donors (Lipinski definition) is 0. The van der Waals surface area contributed by atoms with Gasteiger partial charge in [-0.05, 0) is 36.2 Å². The Morgan fingerprint density at radius 3 is 2.05 bits per heavy atom. The first-order valence-electron chi connectivity index (χ1n) is 6.76. The third-order valence-electron chi connectivity index (χ3n) is 3.56. The molecule has 112 valence electrons. The second-order valence-electron chi connectivity index (χ2n) is 4.97. The van der Waals surface area contributed by atoms with Gasteiger partial charge < -0.3 is 4.74 Å². The molecule has 0 saturated heterocycles. The van der Waals surface area contributed by atoms with Crippen LogP contribution in [0.4, 0.5) is 0 Å². The molecule has 0 heterocycles. The van der Waals surface area contributed by atoms with E-state index in [0.29, 0.717) is 6.61 Å². The van der Waals surface area contributed by atoms with Crippen LogP contribution in [0.25, 0.3) is 0 Å². The predicted octanol–water partition coefficient (Wildman–Crippen LogP) is 5.95. The normalized spacial score (nSPS) is 11.4. The zero-order chi connectivity index (χ0) is 15.1. The minimum atomic E-state index is 0.0522. The van der Waals surface area contributed by atoms with E-state index in [1.165, 1.54) is 5.56 Å². The molecule has 0 aromatic heterocycles. The van der Waals surface area contributed by atoms with Gasteiger partial charge in [0.2, 0.25) is 0 Å². The smallest absolute Gasteiger partial charge is 0.119 e. The van der Waals surface area contributed by atoms with E-state index in [2.05, 4.69) is 78.1 Å². The molecule has 0 saturated carbocycles. The van der Waals surface area contributed by atoms with Gasteiger partial charge >= 0.3 is 0 Å². The van der Waals surface area contributed by atoms with E-state index in [9.17, 15) is 0 Å². The van der Waals surface area contributed by atoms with Gasteiger partial charge in [0.1, 0.15) is 5.75 Å². The Balaban J connectivity index is 2.02. The van der Waals surface area contributed by atoms with Crippen LogP contribution in [0.3, 0.4) is 0 Å². The molecule has 2 aromatic rings. The van der Waals surface area contributed by atoms with Crippen LogP contribution < -0.4 is 4.74 Å². The van der Waals surface area contributed by atoms with E-state index in [1.54, 1.807) is 0 Å². The quantitative estimate of drug-likeness (QED) is 0.449. The van der Waals surface area contributed by atoms with Crippen molar-refractivity contribution in [3.05, 3.63) is 64.6 Å². The van der Waals surface area contributed by atoms with Gasteiger partial charge in [0, 0.05) is 20.5 Å². The Labute approximate surface area is 151 Å². The first-order chi connectivity index (χ1) is 10.2. The summed E-state index contributed by atoms with van der Waals surface area (Å²) < 4.78 is 6.94. The standard InChI is InChI=1S/C17H17Br3O/c18-12-17(13-19,14-4-2-1-3-5-14)10-11-21-16-8-6-15(20)7-9-16/h1-9H,10-13H2. The van der Waals surface area contributed by atoms with Crippen LogP contribution in [-0.4, -0.2) is 17.3 Å². The lowest BCUT2D eigenvalue weighted by atomic mass is 9.82. The first kappa shape index (κ1) is 17.0. The number of ether oxygens (including phenoxy) is 1. The van der Waals surface area contributed by atoms with E-state index in [0.717, 1.165) is 27.3 Å². The van der Waals surface area contributed by atoms with Gasteiger partial charge in [-0.3, -0.25) is 0 Å². The van der Waals surface area contributed by atoms with E-state index < -0.39 is 0 Å². The minimum absolute atomic E-state index is 0.0522. The van der Waals surface area contributed by atoms with Crippen LogP contribution in [0.2, 0.25) is 0 Å². The SMILES string of the molecule is BrCC(CBr)(CCOc1ccc(Br)cc1)c1ccccc1. The van der Waals surface area contributed by atoms with E-state index in [-0.39, 0.29) is 5.41 Å². The van der Waals surface area contributed by atoms with Crippen molar-refractivity contribution in [3.63, 3.8) is 0 Å². The van der Waals surface area contributed by atoms with Crippen LogP contribution in [-0.2, 0) is 5.41 Å². The fourth-order valence-corrected chi connectivity index (χ4v) is 4.56. The number of halogens is 3. The predicted molar refractivity (Wildman–Crippen MR) is 100.0 cm³/mol. The summed E-state index contributed by atoms with van der Waals surface area (Å²) in [5.74, 6) is 0.907. The molecule has 0 unspecified atom stereocenters. The molecular weight excluding hydrogens is 460 g/mol. The average Bonchev–Trinajstić information content (AvgIpc) is 2.55. The van der Waals surface area contributed by atoms with E-state index in [1.807, 2.05) is 24.3 Å². The molecule has 0 bridgehead atoms. The van der Waals surface area contributed by atoms with Crippen LogP contribution in [0.15, 0.2) is 59.1 Å². The van der Waals surface area contributed by atoms with Crippen molar-refractivity contribution in [1.82, 2.24) is 0 Å². The Hall–Kier alpha value is -0.320. The maximum atomic E-state index is 5.88. The lowest BCUT2D eigenvalue weighted by Gasteiger charge is -2.30. The van der Waals surface area contributed by atoms with Gasteiger partial charge in [0.15, 0.2) is 0 Å². The highest BCUT2D eigenvalue weighted by molar-refractivity contribution is 9.10. The number of alkyl halides is 2. The molecule has 4 heteroatoms. The van der Waals surface area contributed by atoms with Crippen molar-refractivity contribution in [1.29, 1.82) is 0 Å². The largest absolute Gasteiger partial charge is 0.494 e. The summed E-state index contributed by atoms with van der Waals surface area (Å²) in [7, 11) is 0. The molecule has 0 N–H and O–H groups in total. The van der Waals surface area contributed by atoms with Crippen molar-refractivity contribution in [3.8, 4) is 5.75 Å². The summed E-state index contributed by atoms with van der Waals surface area (Å²) in [4.78, 5) is 0. The summed E-state index contributed by atoms with van der Waals surface area (Å²) in [6, 6.07) is 18.5. The van der Waals surface area contributed by atoms with Gasteiger partial charge in [-0.2, -0.15) is 0 Å². The highest BCUT2D eigenvalue weighted by Crippen LogP contribution is 2.32. The van der Waals surface area contributed by atoms with E-state index >= 15 is 0 Å². The van der Waals surface area contributed by atoms with Crippen molar-refractivity contribution in [2.24, 2.45) is 0 Å². The van der Waals surface area contributed by atoms with Crippen molar-refractivity contribution >= 4 is 47.8 Å². The second kappa shape index (κ2) is 8.35. The fraction of sp³-hybridized carbons (Fsp3) is 0.294. The number of benzene rings is 2. The Morgan fingerprint density at radius 1 is 0.857 bits per heavy atom. The minimum Gasteiger partial charge on any atom is -0.494 e. The molecule has 21 heavy (non-hydrogen) atoms. The molecule has 0 atom stereocenters. The van der Waals surface area contributed by atoms with E-state index in [4.69, 9.17) is 4.74 Å². The molecular formula is C17H17Br3O. The highest BCUT2D eigenvalue weighted by Gasteiger charge is 2.29. The summed E-state index contributed by atoms with van der Waals surface area (Å²) >= 11 is 10.8.